The van der Waals surface area contributed by atoms with E-state index in [0.717, 1.165) is 13.3 Å². The fraction of sp³-hybridized carbons (Fsp3) is 0.889. The van der Waals surface area contributed by atoms with Crippen molar-refractivity contribution in [2.75, 3.05) is 0 Å². The van der Waals surface area contributed by atoms with E-state index >= 15 is 0 Å². The van der Waals surface area contributed by atoms with Gasteiger partial charge in [-0.15, -0.1) is 0 Å². The quantitative estimate of drug-likeness (QED) is 0.703. The SMILES string of the molecule is CCCCC(=O)CC(C)(O)C(F)F. The van der Waals surface area contributed by atoms with Crippen LogP contribution in [0.2, 0.25) is 0 Å². The summed E-state index contributed by atoms with van der Waals surface area (Å²) < 4.78 is 24.2. The van der Waals surface area contributed by atoms with Crippen molar-refractivity contribution < 1.29 is 18.7 Å². The first-order valence-electron chi connectivity index (χ1n) is 4.42. The van der Waals surface area contributed by atoms with Crippen LogP contribution in [0.25, 0.3) is 0 Å². The number of unbranched alkanes of at least 4 members (excludes halogenated alkanes) is 1. The fourth-order valence-corrected chi connectivity index (χ4v) is 0.939. The van der Waals surface area contributed by atoms with Crippen LogP contribution in [0.4, 0.5) is 8.78 Å². The number of aliphatic hydroxyl groups is 1. The minimum atomic E-state index is -2.86. The Hall–Kier alpha value is -0.510. The van der Waals surface area contributed by atoms with E-state index in [1.807, 2.05) is 6.92 Å². The first-order valence-corrected chi connectivity index (χ1v) is 4.42. The van der Waals surface area contributed by atoms with Crippen molar-refractivity contribution in [2.24, 2.45) is 0 Å². The van der Waals surface area contributed by atoms with Gasteiger partial charge >= 0.3 is 0 Å². The van der Waals surface area contributed by atoms with Crippen molar-refractivity contribution in [3.05, 3.63) is 0 Å². The van der Waals surface area contributed by atoms with Crippen molar-refractivity contribution in [3.8, 4) is 0 Å². The van der Waals surface area contributed by atoms with Gasteiger partial charge in [0.05, 0.1) is 0 Å². The molecule has 0 aromatic rings. The molecule has 0 aliphatic heterocycles. The molecule has 1 unspecified atom stereocenters. The molecule has 2 nitrogen and oxygen atoms in total. The van der Waals surface area contributed by atoms with E-state index in [-0.39, 0.29) is 12.2 Å². The molecule has 0 amide bonds. The molecule has 0 rings (SSSR count). The van der Waals surface area contributed by atoms with Gasteiger partial charge < -0.3 is 5.11 Å². The van der Waals surface area contributed by atoms with Crippen molar-refractivity contribution in [3.63, 3.8) is 0 Å². The molecule has 0 saturated heterocycles. The lowest BCUT2D eigenvalue weighted by Crippen LogP contribution is -2.35. The average molecular weight is 194 g/mol. The van der Waals surface area contributed by atoms with Gasteiger partial charge in [-0.3, -0.25) is 4.79 Å². The lowest BCUT2D eigenvalue weighted by molar-refractivity contribution is -0.133. The number of hydrogen-bond donors (Lipinski definition) is 1. The summed E-state index contributed by atoms with van der Waals surface area (Å²) in [6.07, 6.45) is -1.50. The number of Topliss-reactive ketones (excluding diaryl/α,β-unsaturated/α-hetero) is 1. The molecule has 0 aromatic carbocycles. The van der Waals surface area contributed by atoms with Gasteiger partial charge in [-0.05, 0) is 13.3 Å². The Morgan fingerprint density at radius 3 is 2.46 bits per heavy atom. The van der Waals surface area contributed by atoms with Gasteiger partial charge in [-0.25, -0.2) is 8.78 Å². The van der Waals surface area contributed by atoms with Gasteiger partial charge in [0.25, 0.3) is 6.43 Å². The van der Waals surface area contributed by atoms with E-state index in [9.17, 15) is 13.6 Å². The number of alkyl halides is 2. The molecular weight excluding hydrogens is 178 g/mol. The molecule has 1 atom stereocenters. The zero-order chi connectivity index (χ0) is 10.5. The maximum Gasteiger partial charge on any atom is 0.266 e. The largest absolute Gasteiger partial charge is 0.384 e. The van der Waals surface area contributed by atoms with E-state index < -0.39 is 18.4 Å². The maximum atomic E-state index is 12.1. The Morgan fingerprint density at radius 2 is 2.08 bits per heavy atom. The van der Waals surface area contributed by atoms with Gasteiger partial charge in [0.1, 0.15) is 11.4 Å². The Kier molecular flexibility index (Phi) is 5.06. The number of carbonyl (C=O) groups is 1. The maximum absolute atomic E-state index is 12.1. The highest BCUT2D eigenvalue weighted by Gasteiger charge is 2.34. The highest BCUT2D eigenvalue weighted by molar-refractivity contribution is 5.79. The van der Waals surface area contributed by atoms with Crippen LogP contribution < -0.4 is 0 Å². The van der Waals surface area contributed by atoms with Crippen LogP contribution in [0.5, 0.6) is 0 Å². The number of carbonyl (C=O) groups excluding carboxylic acids is 1. The van der Waals surface area contributed by atoms with Crippen LogP contribution in [0.3, 0.4) is 0 Å². The zero-order valence-corrected chi connectivity index (χ0v) is 8.02. The number of rotatable bonds is 6. The summed E-state index contributed by atoms with van der Waals surface area (Å²) in [7, 11) is 0. The van der Waals surface area contributed by atoms with Crippen LogP contribution in [0, 0.1) is 0 Å². The first-order chi connectivity index (χ1) is 5.90. The van der Waals surface area contributed by atoms with E-state index in [1.165, 1.54) is 0 Å². The molecule has 0 radical (unpaired) electrons. The predicted molar refractivity (Wildman–Crippen MR) is 45.8 cm³/mol. The highest BCUT2D eigenvalue weighted by atomic mass is 19.3. The van der Waals surface area contributed by atoms with Crippen molar-refractivity contribution in [1.29, 1.82) is 0 Å². The summed E-state index contributed by atoms with van der Waals surface area (Å²) in [5.41, 5.74) is -2.16. The summed E-state index contributed by atoms with van der Waals surface area (Å²) in [5, 5.41) is 9.09. The molecule has 0 aliphatic rings. The summed E-state index contributed by atoms with van der Waals surface area (Å²) in [6.45, 7) is 2.90. The highest BCUT2D eigenvalue weighted by Crippen LogP contribution is 2.20. The second kappa shape index (κ2) is 5.27. The number of ketones is 1. The molecule has 13 heavy (non-hydrogen) atoms. The van der Waals surface area contributed by atoms with Crippen molar-refractivity contribution >= 4 is 5.78 Å². The van der Waals surface area contributed by atoms with E-state index in [1.54, 1.807) is 0 Å². The fourth-order valence-electron chi connectivity index (χ4n) is 0.939. The summed E-state index contributed by atoms with van der Waals surface area (Å²) in [5.74, 6) is -0.299. The Bertz CT molecular complexity index is 167. The zero-order valence-electron chi connectivity index (χ0n) is 8.02. The van der Waals surface area contributed by atoms with Gasteiger partial charge in [0, 0.05) is 12.8 Å². The average Bonchev–Trinajstić information content (AvgIpc) is 1.99. The topological polar surface area (TPSA) is 37.3 Å². The smallest absolute Gasteiger partial charge is 0.266 e. The molecule has 1 N–H and O–H groups in total. The van der Waals surface area contributed by atoms with E-state index in [0.29, 0.717) is 6.42 Å². The third-order valence-corrected chi connectivity index (χ3v) is 1.83. The predicted octanol–water partition coefficient (Wildman–Crippen LogP) is 2.15. The lowest BCUT2D eigenvalue weighted by atomic mass is 9.97. The lowest BCUT2D eigenvalue weighted by Gasteiger charge is -2.20. The molecule has 0 saturated carbocycles. The molecule has 4 heteroatoms. The Labute approximate surface area is 76.9 Å². The Balaban J connectivity index is 3.90. The van der Waals surface area contributed by atoms with Crippen LogP contribution in [-0.2, 0) is 4.79 Å². The second-order valence-electron chi connectivity index (χ2n) is 3.48. The third kappa shape index (κ3) is 4.93. The standard InChI is InChI=1S/C9H16F2O2/c1-3-4-5-7(12)6-9(2,13)8(10)11/h8,13H,3-6H2,1-2H3. The first kappa shape index (κ1) is 12.5. The van der Waals surface area contributed by atoms with Crippen LogP contribution in [0.15, 0.2) is 0 Å². The van der Waals surface area contributed by atoms with E-state index in [4.69, 9.17) is 5.11 Å². The van der Waals surface area contributed by atoms with Crippen molar-refractivity contribution in [1.82, 2.24) is 0 Å². The van der Waals surface area contributed by atoms with Crippen LogP contribution >= 0.6 is 0 Å². The molecule has 78 valence electrons. The molecule has 0 aromatic heterocycles. The molecule has 0 heterocycles. The summed E-state index contributed by atoms with van der Waals surface area (Å²) >= 11 is 0. The molecule has 0 fully saturated rings. The second-order valence-corrected chi connectivity index (χ2v) is 3.48. The van der Waals surface area contributed by atoms with Gasteiger partial charge in [0.15, 0.2) is 0 Å². The minimum absolute atomic E-state index is 0.277. The number of halogens is 2. The van der Waals surface area contributed by atoms with Crippen LogP contribution in [0.1, 0.15) is 39.5 Å². The normalized spacial score (nSPS) is 15.8. The number of hydrogen-bond acceptors (Lipinski definition) is 2. The molecule has 0 spiro atoms. The summed E-state index contributed by atoms with van der Waals surface area (Å²) in [6, 6.07) is 0. The van der Waals surface area contributed by atoms with E-state index in [2.05, 4.69) is 0 Å². The summed E-state index contributed by atoms with van der Waals surface area (Å²) in [4.78, 5) is 11.0. The molecular formula is C9H16F2O2. The molecule has 0 bridgehead atoms. The Morgan fingerprint density at radius 1 is 1.54 bits per heavy atom. The monoisotopic (exact) mass is 194 g/mol. The van der Waals surface area contributed by atoms with Gasteiger partial charge in [0.2, 0.25) is 0 Å². The molecule has 0 aliphatic carbocycles. The third-order valence-electron chi connectivity index (χ3n) is 1.83. The van der Waals surface area contributed by atoms with Gasteiger partial charge in [-0.2, -0.15) is 0 Å². The van der Waals surface area contributed by atoms with Gasteiger partial charge in [-0.1, -0.05) is 13.3 Å². The van der Waals surface area contributed by atoms with Crippen molar-refractivity contribution in [2.45, 2.75) is 51.6 Å². The minimum Gasteiger partial charge on any atom is -0.384 e. The van der Waals surface area contributed by atoms with Crippen LogP contribution in [-0.4, -0.2) is 22.9 Å².